The minimum Gasteiger partial charge on any atom is -0.454 e. The largest absolute Gasteiger partial charge is 0.454 e. The topological polar surface area (TPSA) is 31.4 Å². The molecule has 98 valence electrons. The van der Waals surface area contributed by atoms with Crippen LogP contribution in [0.1, 0.15) is 0 Å². The highest BCUT2D eigenvalue weighted by Gasteiger charge is 2.19. The van der Waals surface area contributed by atoms with Gasteiger partial charge in [0.2, 0.25) is 6.79 Å². The van der Waals surface area contributed by atoms with E-state index in [2.05, 4.69) is 4.98 Å². The van der Waals surface area contributed by atoms with Crippen LogP contribution in [0.4, 0.5) is 4.39 Å². The lowest BCUT2D eigenvalue weighted by atomic mass is 10.0. The minimum atomic E-state index is -0.253. The fraction of sp³-hybridized carbons (Fsp3) is 0.0625. The van der Waals surface area contributed by atoms with E-state index in [1.165, 1.54) is 12.1 Å². The summed E-state index contributed by atoms with van der Waals surface area (Å²) < 4.78 is 24.0. The summed E-state index contributed by atoms with van der Waals surface area (Å²) in [6.45, 7) is 0.214. The van der Waals surface area contributed by atoms with Crippen LogP contribution in [0.15, 0.2) is 48.7 Å². The molecule has 1 aromatic heterocycles. The van der Waals surface area contributed by atoms with Gasteiger partial charge in [0.1, 0.15) is 5.82 Å². The van der Waals surface area contributed by atoms with E-state index in [-0.39, 0.29) is 12.6 Å². The van der Waals surface area contributed by atoms with Crippen LogP contribution in [0.5, 0.6) is 11.5 Å². The van der Waals surface area contributed by atoms with E-state index in [9.17, 15) is 4.39 Å². The molecule has 0 aliphatic carbocycles. The summed E-state index contributed by atoms with van der Waals surface area (Å²) in [5.74, 6) is 1.17. The summed E-state index contributed by atoms with van der Waals surface area (Å²) in [6.07, 6.45) is 1.74. The summed E-state index contributed by atoms with van der Waals surface area (Å²) in [5, 5.41) is 0.897. The van der Waals surface area contributed by atoms with Crippen molar-refractivity contribution in [3.63, 3.8) is 0 Å². The molecule has 2 heterocycles. The Morgan fingerprint density at radius 2 is 1.80 bits per heavy atom. The van der Waals surface area contributed by atoms with Gasteiger partial charge in [-0.1, -0.05) is 12.1 Å². The van der Waals surface area contributed by atoms with Crippen molar-refractivity contribution in [3.8, 4) is 22.6 Å². The highest BCUT2D eigenvalue weighted by Crippen LogP contribution is 2.42. The monoisotopic (exact) mass is 267 g/mol. The van der Waals surface area contributed by atoms with Crippen LogP contribution in [0.2, 0.25) is 0 Å². The number of fused-ring (bicyclic) bond motifs is 3. The Kier molecular flexibility index (Phi) is 2.36. The predicted octanol–water partition coefficient (Wildman–Crippen LogP) is 3.77. The Labute approximate surface area is 114 Å². The molecular formula is C16H10FNO2. The molecule has 3 aromatic rings. The molecule has 0 fully saturated rings. The van der Waals surface area contributed by atoms with Gasteiger partial charge < -0.3 is 9.47 Å². The third-order valence-corrected chi connectivity index (χ3v) is 3.40. The Morgan fingerprint density at radius 3 is 2.65 bits per heavy atom. The number of benzene rings is 2. The highest BCUT2D eigenvalue weighted by atomic mass is 19.1. The number of halogens is 1. The molecule has 0 bridgehead atoms. The number of hydrogen-bond donors (Lipinski definition) is 0. The second kappa shape index (κ2) is 4.20. The van der Waals surface area contributed by atoms with Crippen molar-refractivity contribution in [1.82, 2.24) is 4.98 Å². The van der Waals surface area contributed by atoms with Crippen molar-refractivity contribution in [2.75, 3.05) is 6.79 Å². The molecule has 0 N–H and O–H groups in total. The van der Waals surface area contributed by atoms with Gasteiger partial charge in [0.25, 0.3) is 0 Å². The van der Waals surface area contributed by atoms with E-state index in [0.29, 0.717) is 11.5 Å². The molecule has 1 aliphatic rings. The Bertz CT molecular complexity index is 799. The van der Waals surface area contributed by atoms with Crippen LogP contribution in [-0.4, -0.2) is 11.8 Å². The van der Waals surface area contributed by atoms with E-state index in [4.69, 9.17) is 9.47 Å². The molecule has 1 aliphatic heterocycles. The van der Waals surface area contributed by atoms with E-state index < -0.39 is 0 Å². The standard InChI is InChI=1S/C16H10FNO2/c17-11-3-1-10(2-4-11)12-7-8-18-13-5-6-14-16(15(12)13)20-9-19-14/h1-8H,9H2. The van der Waals surface area contributed by atoms with Crippen molar-refractivity contribution in [1.29, 1.82) is 0 Å². The molecule has 3 nitrogen and oxygen atoms in total. The van der Waals surface area contributed by atoms with E-state index in [0.717, 1.165) is 22.0 Å². The van der Waals surface area contributed by atoms with E-state index in [1.807, 2.05) is 18.2 Å². The molecule has 4 rings (SSSR count). The van der Waals surface area contributed by atoms with Crippen molar-refractivity contribution in [2.45, 2.75) is 0 Å². The first kappa shape index (κ1) is 11.2. The molecule has 4 heteroatoms. The number of aromatic nitrogens is 1. The smallest absolute Gasteiger partial charge is 0.231 e. The number of pyridine rings is 1. The maximum Gasteiger partial charge on any atom is 0.231 e. The molecule has 2 aromatic carbocycles. The molecule has 0 unspecified atom stereocenters. The molecule has 0 amide bonds. The van der Waals surface area contributed by atoms with Crippen molar-refractivity contribution < 1.29 is 13.9 Å². The van der Waals surface area contributed by atoms with Crippen LogP contribution in [-0.2, 0) is 0 Å². The lowest BCUT2D eigenvalue weighted by Crippen LogP contribution is -1.93. The lowest BCUT2D eigenvalue weighted by Gasteiger charge is -2.08. The molecule has 0 spiro atoms. The molecule has 0 radical (unpaired) electrons. The van der Waals surface area contributed by atoms with Gasteiger partial charge in [0.15, 0.2) is 11.5 Å². The Balaban J connectivity index is 2.04. The van der Waals surface area contributed by atoms with Gasteiger partial charge in [-0.25, -0.2) is 4.39 Å². The van der Waals surface area contributed by atoms with Gasteiger partial charge in [-0.05, 0) is 41.5 Å². The zero-order valence-electron chi connectivity index (χ0n) is 10.5. The van der Waals surface area contributed by atoms with Gasteiger partial charge in [0.05, 0.1) is 10.9 Å². The Hall–Kier alpha value is -2.62. The molecule has 20 heavy (non-hydrogen) atoms. The summed E-state index contributed by atoms with van der Waals surface area (Å²) in [5.41, 5.74) is 2.70. The number of ether oxygens (including phenoxy) is 2. The SMILES string of the molecule is Fc1ccc(-c2ccnc3ccc4c(c23)OCO4)cc1. The fourth-order valence-electron chi connectivity index (χ4n) is 2.48. The van der Waals surface area contributed by atoms with E-state index in [1.54, 1.807) is 18.3 Å². The minimum absolute atomic E-state index is 0.214. The van der Waals surface area contributed by atoms with Crippen LogP contribution < -0.4 is 9.47 Å². The van der Waals surface area contributed by atoms with Gasteiger partial charge in [0, 0.05) is 6.20 Å². The van der Waals surface area contributed by atoms with Gasteiger partial charge in [-0.15, -0.1) is 0 Å². The summed E-state index contributed by atoms with van der Waals surface area (Å²) in [7, 11) is 0. The highest BCUT2D eigenvalue weighted by molar-refractivity contribution is 6.00. The molecule has 0 atom stereocenters. The predicted molar refractivity (Wildman–Crippen MR) is 73.3 cm³/mol. The average molecular weight is 267 g/mol. The third-order valence-electron chi connectivity index (χ3n) is 3.40. The summed E-state index contributed by atoms with van der Waals surface area (Å²) in [4.78, 5) is 4.35. The van der Waals surface area contributed by atoms with Crippen molar-refractivity contribution >= 4 is 10.9 Å². The maximum absolute atomic E-state index is 13.1. The van der Waals surface area contributed by atoms with Crippen molar-refractivity contribution in [3.05, 3.63) is 54.5 Å². The average Bonchev–Trinajstić information content (AvgIpc) is 2.96. The van der Waals surface area contributed by atoms with Crippen LogP contribution in [0.25, 0.3) is 22.0 Å². The van der Waals surface area contributed by atoms with Crippen LogP contribution in [0.3, 0.4) is 0 Å². The van der Waals surface area contributed by atoms with Crippen LogP contribution in [0, 0.1) is 5.82 Å². The van der Waals surface area contributed by atoms with Crippen molar-refractivity contribution in [2.24, 2.45) is 0 Å². The third kappa shape index (κ3) is 1.61. The zero-order chi connectivity index (χ0) is 13.5. The first-order valence-electron chi connectivity index (χ1n) is 6.26. The molecule has 0 saturated heterocycles. The number of hydrogen-bond acceptors (Lipinski definition) is 3. The number of nitrogens with zero attached hydrogens (tertiary/aromatic N) is 1. The van der Waals surface area contributed by atoms with Crippen LogP contribution >= 0.6 is 0 Å². The normalized spacial score (nSPS) is 12.8. The van der Waals surface area contributed by atoms with Gasteiger partial charge >= 0.3 is 0 Å². The second-order valence-corrected chi connectivity index (χ2v) is 4.56. The first-order chi connectivity index (χ1) is 9.83. The van der Waals surface area contributed by atoms with Gasteiger partial charge in [-0.2, -0.15) is 0 Å². The zero-order valence-corrected chi connectivity index (χ0v) is 10.5. The molecular weight excluding hydrogens is 257 g/mol. The fourth-order valence-corrected chi connectivity index (χ4v) is 2.48. The first-order valence-corrected chi connectivity index (χ1v) is 6.26. The maximum atomic E-state index is 13.1. The number of rotatable bonds is 1. The second-order valence-electron chi connectivity index (χ2n) is 4.56. The summed E-state index contributed by atoms with van der Waals surface area (Å²) in [6, 6.07) is 12.0. The summed E-state index contributed by atoms with van der Waals surface area (Å²) >= 11 is 0. The Morgan fingerprint density at radius 1 is 0.950 bits per heavy atom. The molecule has 0 saturated carbocycles. The quantitative estimate of drug-likeness (QED) is 0.672. The van der Waals surface area contributed by atoms with E-state index >= 15 is 0 Å². The lowest BCUT2D eigenvalue weighted by molar-refractivity contribution is 0.175. The van der Waals surface area contributed by atoms with Gasteiger partial charge in [-0.3, -0.25) is 4.98 Å².